The van der Waals surface area contributed by atoms with E-state index in [0.29, 0.717) is 11.7 Å². The number of rotatable bonds is 0. The molecule has 0 aromatic heterocycles. The lowest BCUT2D eigenvalue weighted by atomic mass is 9.68. The van der Waals surface area contributed by atoms with Gasteiger partial charge in [-0.1, -0.05) is 6.92 Å². The summed E-state index contributed by atoms with van der Waals surface area (Å²) in [5, 5.41) is 0. The molecule has 0 aromatic carbocycles. The average molecular weight is 152 g/mol. The number of carbonyl (C=O) groups is 1. The Kier molecular flexibility index (Phi) is 1.74. The monoisotopic (exact) mass is 152 g/mol. The van der Waals surface area contributed by atoms with Crippen LogP contribution in [0.1, 0.15) is 39.0 Å². The van der Waals surface area contributed by atoms with E-state index in [9.17, 15) is 4.79 Å². The summed E-state index contributed by atoms with van der Waals surface area (Å²) >= 11 is 0. The quantitative estimate of drug-likeness (QED) is 0.521. The van der Waals surface area contributed by atoms with E-state index < -0.39 is 0 Å². The molecule has 0 spiro atoms. The summed E-state index contributed by atoms with van der Waals surface area (Å²) < 4.78 is 0. The molecule has 2 aliphatic rings. The predicted octanol–water partition coefficient (Wildman–Crippen LogP) is 2.40. The Morgan fingerprint density at radius 1 is 1.27 bits per heavy atom. The third kappa shape index (κ3) is 1.33. The fourth-order valence-electron chi connectivity index (χ4n) is 2.79. The molecule has 2 bridgehead atoms. The Hall–Kier alpha value is -0.330. The largest absolute Gasteiger partial charge is 0.299 e. The van der Waals surface area contributed by atoms with Crippen molar-refractivity contribution in [1.82, 2.24) is 0 Å². The second kappa shape index (κ2) is 2.62. The molecule has 0 N–H and O–H groups in total. The van der Waals surface area contributed by atoms with Crippen molar-refractivity contribution in [2.24, 2.45) is 17.8 Å². The maximum atomic E-state index is 11.4. The smallest absolute Gasteiger partial charge is 0.136 e. The minimum Gasteiger partial charge on any atom is -0.299 e. The van der Waals surface area contributed by atoms with Crippen molar-refractivity contribution in [1.29, 1.82) is 0 Å². The first-order valence-electron chi connectivity index (χ1n) is 4.78. The normalized spacial score (nSPS) is 44.1. The minimum atomic E-state index is 0.456. The lowest BCUT2D eigenvalue weighted by molar-refractivity contribution is -0.127. The van der Waals surface area contributed by atoms with Gasteiger partial charge in [0.05, 0.1) is 0 Å². The molecule has 2 rings (SSSR count). The zero-order valence-electron chi connectivity index (χ0n) is 7.18. The van der Waals surface area contributed by atoms with Crippen LogP contribution >= 0.6 is 0 Å². The Morgan fingerprint density at radius 2 is 2.09 bits per heavy atom. The Balaban J connectivity index is 2.08. The molecule has 2 saturated carbocycles. The summed E-state index contributed by atoms with van der Waals surface area (Å²) in [7, 11) is 0. The van der Waals surface area contributed by atoms with Crippen molar-refractivity contribution in [2.75, 3.05) is 0 Å². The first-order chi connectivity index (χ1) is 5.25. The molecule has 1 heteroatoms. The molecule has 0 unspecified atom stereocenters. The van der Waals surface area contributed by atoms with Gasteiger partial charge in [0.2, 0.25) is 0 Å². The summed E-state index contributed by atoms with van der Waals surface area (Å²) in [6.45, 7) is 2.29. The Bertz CT molecular complexity index is 172. The highest BCUT2D eigenvalue weighted by Gasteiger charge is 2.34. The van der Waals surface area contributed by atoms with Gasteiger partial charge in [0, 0.05) is 12.3 Å². The number of ketones is 1. The predicted molar refractivity (Wildman–Crippen MR) is 44.2 cm³/mol. The summed E-state index contributed by atoms with van der Waals surface area (Å²) in [6, 6.07) is 0. The third-order valence-electron chi connectivity index (χ3n) is 3.29. The Morgan fingerprint density at radius 3 is 2.91 bits per heavy atom. The first-order valence-corrected chi connectivity index (χ1v) is 4.78. The van der Waals surface area contributed by atoms with Crippen LogP contribution in [0.5, 0.6) is 0 Å². The number of Topliss-reactive ketones (excluding diaryl/α,β-unsaturated/α-hetero) is 1. The van der Waals surface area contributed by atoms with E-state index in [1.54, 1.807) is 0 Å². The van der Waals surface area contributed by atoms with E-state index >= 15 is 0 Å². The zero-order chi connectivity index (χ0) is 7.84. The van der Waals surface area contributed by atoms with Gasteiger partial charge in [-0.15, -0.1) is 0 Å². The number of carbonyl (C=O) groups excluding carboxylic acids is 1. The van der Waals surface area contributed by atoms with E-state index in [4.69, 9.17) is 0 Å². The number of fused-ring (bicyclic) bond motifs is 2. The van der Waals surface area contributed by atoms with Crippen LogP contribution in [0, 0.1) is 17.8 Å². The molecule has 2 fully saturated rings. The maximum Gasteiger partial charge on any atom is 0.136 e. The van der Waals surface area contributed by atoms with Gasteiger partial charge < -0.3 is 0 Å². The van der Waals surface area contributed by atoms with Crippen molar-refractivity contribution in [2.45, 2.75) is 39.0 Å². The molecule has 0 heterocycles. The molecule has 62 valence electrons. The molecule has 0 amide bonds. The zero-order valence-corrected chi connectivity index (χ0v) is 7.18. The molecular formula is C10H16O. The van der Waals surface area contributed by atoms with Crippen LogP contribution in [0.15, 0.2) is 0 Å². The second-order valence-corrected chi connectivity index (χ2v) is 4.38. The first kappa shape index (κ1) is 7.33. The van der Waals surface area contributed by atoms with Gasteiger partial charge in [0.25, 0.3) is 0 Å². The van der Waals surface area contributed by atoms with E-state index in [-0.39, 0.29) is 0 Å². The molecule has 3 atom stereocenters. The van der Waals surface area contributed by atoms with Crippen LogP contribution in [0.25, 0.3) is 0 Å². The highest BCUT2D eigenvalue weighted by Crippen LogP contribution is 2.40. The van der Waals surface area contributed by atoms with Crippen LogP contribution in [-0.2, 0) is 4.79 Å². The average Bonchev–Trinajstić information content (AvgIpc) is 1.97. The molecule has 0 saturated heterocycles. The van der Waals surface area contributed by atoms with Gasteiger partial charge >= 0.3 is 0 Å². The van der Waals surface area contributed by atoms with Gasteiger partial charge in [-0.25, -0.2) is 0 Å². The van der Waals surface area contributed by atoms with Gasteiger partial charge in [-0.05, 0) is 37.5 Å². The van der Waals surface area contributed by atoms with E-state index in [1.165, 1.54) is 25.7 Å². The summed E-state index contributed by atoms with van der Waals surface area (Å²) in [4.78, 5) is 11.4. The molecule has 0 radical (unpaired) electrons. The van der Waals surface area contributed by atoms with Crippen molar-refractivity contribution in [3.05, 3.63) is 0 Å². The van der Waals surface area contributed by atoms with Gasteiger partial charge in [0.1, 0.15) is 5.78 Å². The van der Waals surface area contributed by atoms with Gasteiger partial charge in [-0.3, -0.25) is 4.79 Å². The van der Waals surface area contributed by atoms with E-state index in [0.717, 1.165) is 18.3 Å². The third-order valence-corrected chi connectivity index (χ3v) is 3.29. The van der Waals surface area contributed by atoms with Gasteiger partial charge in [-0.2, -0.15) is 0 Å². The van der Waals surface area contributed by atoms with Crippen molar-refractivity contribution in [3.8, 4) is 0 Å². The highest BCUT2D eigenvalue weighted by atomic mass is 16.1. The highest BCUT2D eigenvalue weighted by molar-refractivity contribution is 5.81. The summed E-state index contributed by atoms with van der Waals surface area (Å²) in [5.41, 5.74) is 0. The van der Waals surface area contributed by atoms with Crippen molar-refractivity contribution >= 4 is 5.78 Å². The minimum absolute atomic E-state index is 0.456. The van der Waals surface area contributed by atoms with Crippen LogP contribution in [0.2, 0.25) is 0 Å². The van der Waals surface area contributed by atoms with E-state index in [2.05, 4.69) is 6.92 Å². The Labute approximate surface area is 68.2 Å². The van der Waals surface area contributed by atoms with Crippen LogP contribution in [-0.4, -0.2) is 5.78 Å². The topological polar surface area (TPSA) is 17.1 Å². The van der Waals surface area contributed by atoms with Crippen LogP contribution < -0.4 is 0 Å². The van der Waals surface area contributed by atoms with Crippen molar-refractivity contribution in [3.63, 3.8) is 0 Å². The van der Waals surface area contributed by atoms with Crippen LogP contribution in [0.3, 0.4) is 0 Å². The standard InChI is InChI=1S/C10H16O/c1-7-4-8-2-3-10(11)9(5-7)6-8/h7-9H,2-6H2,1H3/t7-,8-,9+/m0/s1. The lowest BCUT2D eigenvalue weighted by Gasteiger charge is -2.36. The van der Waals surface area contributed by atoms with Crippen molar-refractivity contribution < 1.29 is 4.79 Å². The van der Waals surface area contributed by atoms with E-state index in [1.807, 2.05) is 0 Å². The molecule has 0 aromatic rings. The summed E-state index contributed by atoms with van der Waals surface area (Å²) in [5.74, 6) is 2.70. The number of hydrogen-bond donors (Lipinski definition) is 0. The summed E-state index contributed by atoms with van der Waals surface area (Å²) in [6.07, 6.45) is 5.82. The second-order valence-electron chi connectivity index (χ2n) is 4.38. The fourth-order valence-corrected chi connectivity index (χ4v) is 2.79. The molecular weight excluding hydrogens is 136 g/mol. The fraction of sp³-hybridized carbons (Fsp3) is 0.900. The molecule has 0 aliphatic heterocycles. The maximum absolute atomic E-state index is 11.4. The molecule has 2 aliphatic carbocycles. The SMILES string of the molecule is C[C@H]1C[C@@H]2CCC(=O)[C@H](C1)C2. The van der Waals surface area contributed by atoms with Crippen LogP contribution in [0.4, 0.5) is 0 Å². The number of hydrogen-bond acceptors (Lipinski definition) is 1. The lowest BCUT2D eigenvalue weighted by Crippen LogP contribution is -2.32. The molecule has 11 heavy (non-hydrogen) atoms. The molecule has 1 nitrogen and oxygen atoms in total. The van der Waals surface area contributed by atoms with Gasteiger partial charge in [0.15, 0.2) is 0 Å².